The fraction of sp³-hybridized carbons (Fsp3) is 0.300. The minimum Gasteiger partial charge on any atom is -0.246 e. The lowest BCUT2D eigenvalue weighted by atomic mass is 10.0. The average molecular weight is 438 g/mol. The summed E-state index contributed by atoms with van der Waals surface area (Å²) in [5.74, 6) is 0.295. The van der Waals surface area contributed by atoms with E-state index < -0.39 is 21.8 Å². The molecule has 0 bridgehead atoms. The Balaban J connectivity index is 1.70. The number of aromatic nitrogens is 3. The van der Waals surface area contributed by atoms with Gasteiger partial charge in [0.2, 0.25) is 0 Å². The van der Waals surface area contributed by atoms with Crippen LogP contribution in [0.1, 0.15) is 30.5 Å². The standard InChI is InChI=1S/C20H21F3N4O2S/c1-14(2)10-15-6-8-18(9-7-15)30(28,29)26-19-24-13-27(25-19)12-16-4-3-5-17(11-16)20(21,22)23/h3-9,11,13-14H,10,12H2,1-2H3,(H,25,26). The molecule has 0 aliphatic rings. The summed E-state index contributed by atoms with van der Waals surface area (Å²) in [6.07, 6.45) is -2.34. The normalized spacial score (nSPS) is 12.3. The van der Waals surface area contributed by atoms with Gasteiger partial charge >= 0.3 is 6.18 Å². The maximum Gasteiger partial charge on any atom is 0.416 e. The van der Waals surface area contributed by atoms with Gasteiger partial charge in [0.05, 0.1) is 17.0 Å². The second-order valence-corrected chi connectivity index (χ2v) is 8.99. The van der Waals surface area contributed by atoms with Crippen molar-refractivity contribution in [2.45, 2.75) is 37.9 Å². The Labute approximate surface area is 172 Å². The predicted octanol–water partition coefficient (Wildman–Crippen LogP) is 4.34. The van der Waals surface area contributed by atoms with Crippen LogP contribution in [0.5, 0.6) is 0 Å². The van der Waals surface area contributed by atoms with Gasteiger partial charge in [-0.15, -0.1) is 5.10 Å². The molecule has 6 nitrogen and oxygen atoms in total. The molecule has 10 heteroatoms. The highest BCUT2D eigenvalue weighted by atomic mass is 32.2. The molecule has 160 valence electrons. The van der Waals surface area contributed by atoms with E-state index in [-0.39, 0.29) is 17.4 Å². The van der Waals surface area contributed by atoms with Crippen LogP contribution in [0.2, 0.25) is 0 Å². The lowest BCUT2D eigenvalue weighted by molar-refractivity contribution is -0.137. The number of nitrogens with one attached hydrogen (secondary N) is 1. The Morgan fingerprint density at radius 2 is 1.77 bits per heavy atom. The van der Waals surface area contributed by atoms with Crippen molar-refractivity contribution in [3.05, 3.63) is 71.5 Å². The molecule has 3 aromatic rings. The van der Waals surface area contributed by atoms with Crippen LogP contribution in [-0.2, 0) is 29.2 Å². The maximum absolute atomic E-state index is 12.8. The van der Waals surface area contributed by atoms with E-state index in [4.69, 9.17) is 0 Å². The van der Waals surface area contributed by atoms with Crippen molar-refractivity contribution in [3.63, 3.8) is 0 Å². The van der Waals surface area contributed by atoms with Crippen molar-refractivity contribution in [3.8, 4) is 0 Å². The second-order valence-electron chi connectivity index (χ2n) is 7.31. The fourth-order valence-corrected chi connectivity index (χ4v) is 3.85. The number of hydrogen-bond acceptors (Lipinski definition) is 4. The average Bonchev–Trinajstić information content (AvgIpc) is 3.07. The molecule has 0 spiro atoms. The molecular formula is C20H21F3N4O2S. The van der Waals surface area contributed by atoms with Crippen LogP contribution in [-0.4, -0.2) is 23.2 Å². The van der Waals surface area contributed by atoms with Crippen LogP contribution >= 0.6 is 0 Å². The lowest BCUT2D eigenvalue weighted by Crippen LogP contribution is -2.14. The topological polar surface area (TPSA) is 76.9 Å². The number of benzene rings is 2. The van der Waals surface area contributed by atoms with E-state index in [0.717, 1.165) is 24.1 Å². The molecule has 3 rings (SSSR count). The number of anilines is 1. The molecule has 0 unspecified atom stereocenters. The number of alkyl halides is 3. The van der Waals surface area contributed by atoms with E-state index in [9.17, 15) is 21.6 Å². The molecule has 1 heterocycles. The van der Waals surface area contributed by atoms with Gasteiger partial charge in [0.1, 0.15) is 6.33 Å². The Morgan fingerprint density at radius 1 is 1.07 bits per heavy atom. The third-order valence-electron chi connectivity index (χ3n) is 4.24. The van der Waals surface area contributed by atoms with E-state index in [2.05, 4.69) is 28.7 Å². The van der Waals surface area contributed by atoms with Crippen LogP contribution in [0, 0.1) is 5.92 Å². The third kappa shape index (κ3) is 5.59. The summed E-state index contributed by atoms with van der Waals surface area (Å²) in [4.78, 5) is 3.96. The van der Waals surface area contributed by atoms with Gasteiger partial charge in [0, 0.05) is 0 Å². The van der Waals surface area contributed by atoms with Gasteiger partial charge in [-0.25, -0.2) is 17.8 Å². The lowest BCUT2D eigenvalue weighted by Gasteiger charge is -2.09. The Kier molecular flexibility index (Phi) is 6.16. The largest absolute Gasteiger partial charge is 0.416 e. The summed E-state index contributed by atoms with van der Waals surface area (Å²) >= 11 is 0. The molecule has 0 saturated carbocycles. The van der Waals surface area contributed by atoms with Crippen molar-refractivity contribution in [2.24, 2.45) is 5.92 Å². The van der Waals surface area contributed by atoms with Gasteiger partial charge < -0.3 is 0 Å². The zero-order chi connectivity index (χ0) is 21.9. The van der Waals surface area contributed by atoms with E-state index in [1.807, 2.05) is 0 Å². The van der Waals surface area contributed by atoms with Gasteiger partial charge in [0.15, 0.2) is 0 Å². The van der Waals surface area contributed by atoms with Gasteiger partial charge in [-0.1, -0.05) is 38.1 Å². The molecule has 0 saturated heterocycles. The molecule has 0 aliphatic heterocycles. The van der Waals surface area contributed by atoms with Crippen molar-refractivity contribution < 1.29 is 21.6 Å². The Morgan fingerprint density at radius 3 is 2.40 bits per heavy atom. The van der Waals surface area contributed by atoms with Gasteiger partial charge in [-0.2, -0.15) is 18.2 Å². The molecule has 0 atom stereocenters. The minimum absolute atomic E-state index is 0.0164. The first kappa shape index (κ1) is 21.8. The molecular weight excluding hydrogens is 417 g/mol. The summed E-state index contributed by atoms with van der Waals surface area (Å²) < 4.78 is 67.1. The number of nitrogens with zero attached hydrogens (tertiary/aromatic N) is 3. The van der Waals surface area contributed by atoms with Gasteiger partial charge in [0.25, 0.3) is 16.0 Å². The van der Waals surface area contributed by atoms with Crippen molar-refractivity contribution in [1.29, 1.82) is 0 Å². The zero-order valence-corrected chi connectivity index (χ0v) is 17.2. The van der Waals surface area contributed by atoms with E-state index in [0.29, 0.717) is 11.5 Å². The summed E-state index contributed by atoms with van der Waals surface area (Å²) in [6.45, 7) is 4.17. The van der Waals surface area contributed by atoms with Crippen LogP contribution in [0.25, 0.3) is 0 Å². The predicted molar refractivity (Wildman–Crippen MR) is 106 cm³/mol. The number of rotatable bonds is 7. The summed E-state index contributed by atoms with van der Waals surface area (Å²) in [7, 11) is -3.88. The van der Waals surface area contributed by atoms with Crippen LogP contribution in [0.3, 0.4) is 0 Å². The monoisotopic (exact) mass is 438 g/mol. The fourth-order valence-electron chi connectivity index (χ4n) is 2.91. The summed E-state index contributed by atoms with van der Waals surface area (Å²) in [6, 6.07) is 11.4. The second kappa shape index (κ2) is 8.47. The van der Waals surface area contributed by atoms with E-state index >= 15 is 0 Å². The van der Waals surface area contributed by atoms with Crippen molar-refractivity contribution in [2.75, 3.05) is 4.72 Å². The molecule has 30 heavy (non-hydrogen) atoms. The minimum atomic E-state index is -4.44. The number of hydrogen-bond donors (Lipinski definition) is 1. The number of halogens is 3. The first-order valence-electron chi connectivity index (χ1n) is 9.20. The molecule has 2 aromatic carbocycles. The quantitative estimate of drug-likeness (QED) is 0.595. The van der Waals surface area contributed by atoms with Crippen molar-refractivity contribution in [1.82, 2.24) is 14.8 Å². The highest BCUT2D eigenvalue weighted by Gasteiger charge is 2.30. The SMILES string of the molecule is CC(C)Cc1ccc(S(=O)(=O)Nc2ncn(Cc3cccc(C(F)(F)F)c3)n2)cc1. The summed E-state index contributed by atoms with van der Waals surface area (Å²) in [5.41, 5.74) is 0.638. The molecule has 1 N–H and O–H groups in total. The van der Waals surface area contributed by atoms with Gasteiger partial charge in [-0.3, -0.25) is 0 Å². The van der Waals surface area contributed by atoms with E-state index in [1.54, 1.807) is 12.1 Å². The molecule has 0 fully saturated rings. The molecule has 1 aromatic heterocycles. The summed E-state index contributed by atoms with van der Waals surface area (Å²) in [5, 5.41) is 4.00. The van der Waals surface area contributed by atoms with Crippen LogP contribution in [0.15, 0.2) is 59.8 Å². The first-order chi connectivity index (χ1) is 14.0. The highest BCUT2D eigenvalue weighted by Crippen LogP contribution is 2.29. The van der Waals surface area contributed by atoms with Crippen LogP contribution < -0.4 is 4.72 Å². The third-order valence-corrected chi connectivity index (χ3v) is 5.58. The zero-order valence-electron chi connectivity index (χ0n) is 16.4. The van der Waals surface area contributed by atoms with Crippen molar-refractivity contribution >= 4 is 16.0 Å². The van der Waals surface area contributed by atoms with Crippen LogP contribution in [0.4, 0.5) is 19.1 Å². The molecule has 0 radical (unpaired) electrons. The molecule has 0 amide bonds. The smallest absolute Gasteiger partial charge is 0.246 e. The van der Waals surface area contributed by atoms with Gasteiger partial charge in [-0.05, 0) is 47.7 Å². The van der Waals surface area contributed by atoms with E-state index in [1.165, 1.54) is 35.3 Å². The molecule has 0 aliphatic carbocycles. The number of sulfonamides is 1. The highest BCUT2D eigenvalue weighted by molar-refractivity contribution is 7.92. The first-order valence-corrected chi connectivity index (χ1v) is 10.7. The Bertz CT molecular complexity index is 1110. The maximum atomic E-state index is 12.8. The Hall–Kier alpha value is -2.88.